The summed E-state index contributed by atoms with van der Waals surface area (Å²) in [5.41, 5.74) is 1.97. The lowest BCUT2D eigenvalue weighted by molar-refractivity contribution is -0.136. The van der Waals surface area contributed by atoms with Crippen LogP contribution in [0, 0.1) is 0 Å². The number of carboxylic acid groups (broad SMARTS) is 1. The molecular formula is C14H21NO2S. The van der Waals surface area contributed by atoms with Gasteiger partial charge in [0.1, 0.15) is 0 Å². The highest BCUT2D eigenvalue weighted by Gasteiger charge is 2.07. The summed E-state index contributed by atoms with van der Waals surface area (Å²) in [6.07, 6.45) is 0.0932. The van der Waals surface area contributed by atoms with Crippen molar-refractivity contribution in [3.05, 3.63) is 35.4 Å². The van der Waals surface area contributed by atoms with E-state index in [4.69, 9.17) is 5.11 Å². The summed E-state index contributed by atoms with van der Waals surface area (Å²) in [5.74, 6) is 1.43. The third-order valence-corrected chi connectivity index (χ3v) is 3.82. The smallest absolute Gasteiger partial charge is 0.307 e. The number of hydrogen-bond acceptors (Lipinski definition) is 3. The number of carboxylic acids is 1. The lowest BCUT2D eigenvalue weighted by Gasteiger charge is -2.14. The summed E-state index contributed by atoms with van der Waals surface area (Å²) in [5, 5.41) is 12.3. The number of benzene rings is 1. The molecule has 0 saturated carbocycles. The van der Waals surface area contributed by atoms with Gasteiger partial charge in [0.15, 0.2) is 0 Å². The molecule has 0 spiro atoms. The van der Waals surface area contributed by atoms with Crippen LogP contribution in [0.25, 0.3) is 0 Å². The molecule has 0 aliphatic heterocycles. The van der Waals surface area contributed by atoms with Crippen molar-refractivity contribution in [2.24, 2.45) is 0 Å². The molecule has 0 amide bonds. The summed E-state index contributed by atoms with van der Waals surface area (Å²) in [6, 6.07) is 8.15. The number of aliphatic carboxylic acids is 1. The highest BCUT2D eigenvalue weighted by Crippen LogP contribution is 2.10. The first-order chi connectivity index (χ1) is 8.63. The highest BCUT2D eigenvalue weighted by atomic mass is 32.2. The van der Waals surface area contributed by atoms with Crippen molar-refractivity contribution in [2.75, 3.05) is 11.5 Å². The van der Waals surface area contributed by atoms with Crippen LogP contribution in [0.1, 0.15) is 25.0 Å². The Labute approximate surface area is 113 Å². The molecule has 0 fully saturated rings. The molecule has 0 heterocycles. The van der Waals surface area contributed by atoms with Gasteiger partial charge in [-0.15, -0.1) is 0 Å². The number of thioether (sulfide) groups is 1. The van der Waals surface area contributed by atoms with E-state index in [1.807, 2.05) is 36.0 Å². The van der Waals surface area contributed by atoms with Gasteiger partial charge in [-0.2, -0.15) is 11.8 Å². The maximum atomic E-state index is 10.8. The quantitative estimate of drug-likeness (QED) is 0.760. The molecule has 1 aromatic carbocycles. The molecule has 3 nitrogen and oxygen atoms in total. The molecule has 4 heteroatoms. The minimum Gasteiger partial charge on any atom is -0.481 e. The maximum absolute atomic E-state index is 10.8. The van der Waals surface area contributed by atoms with Gasteiger partial charge in [-0.05, 0) is 23.8 Å². The molecule has 0 aromatic heterocycles. The van der Waals surface area contributed by atoms with Crippen LogP contribution in [0.15, 0.2) is 24.3 Å². The lowest BCUT2D eigenvalue weighted by atomic mass is 10.0. The predicted octanol–water partition coefficient (Wildman–Crippen LogP) is 2.54. The largest absolute Gasteiger partial charge is 0.481 e. The fourth-order valence-electron chi connectivity index (χ4n) is 1.70. The molecule has 0 radical (unpaired) electrons. The Kier molecular flexibility index (Phi) is 6.83. The Balaban J connectivity index is 2.53. The normalized spacial score (nSPS) is 12.3. The molecule has 1 aromatic rings. The standard InChI is InChI=1S/C14H21NO2S/c1-3-18-10-11(2)15-9-13-7-5-4-6-12(13)8-14(16)17/h4-7,11,15H,3,8-10H2,1-2H3,(H,16,17). The lowest BCUT2D eigenvalue weighted by Crippen LogP contribution is -2.28. The van der Waals surface area contributed by atoms with E-state index in [0.717, 1.165) is 29.2 Å². The zero-order valence-corrected chi connectivity index (χ0v) is 11.8. The van der Waals surface area contributed by atoms with Crippen LogP contribution < -0.4 is 5.32 Å². The number of hydrogen-bond donors (Lipinski definition) is 2. The van der Waals surface area contributed by atoms with Crippen LogP contribution in [0.4, 0.5) is 0 Å². The summed E-state index contributed by atoms with van der Waals surface area (Å²) in [6.45, 7) is 5.04. The van der Waals surface area contributed by atoms with Crippen LogP contribution in [0.2, 0.25) is 0 Å². The molecule has 1 rings (SSSR count). The van der Waals surface area contributed by atoms with E-state index < -0.39 is 5.97 Å². The summed E-state index contributed by atoms with van der Waals surface area (Å²) in [4.78, 5) is 10.8. The maximum Gasteiger partial charge on any atom is 0.307 e. The second-order valence-electron chi connectivity index (χ2n) is 4.28. The van der Waals surface area contributed by atoms with Gasteiger partial charge in [0.2, 0.25) is 0 Å². The van der Waals surface area contributed by atoms with E-state index in [1.54, 1.807) is 0 Å². The fourth-order valence-corrected chi connectivity index (χ4v) is 2.41. The molecule has 0 bridgehead atoms. The second-order valence-corrected chi connectivity index (χ2v) is 5.60. The minimum atomic E-state index is -0.781. The monoisotopic (exact) mass is 267 g/mol. The first-order valence-electron chi connectivity index (χ1n) is 6.23. The van der Waals surface area contributed by atoms with Crippen LogP contribution >= 0.6 is 11.8 Å². The SMILES string of the molecule is CCSCC(C)NCc1ccccc1CC(=O)O. The van der Waals surface area contributed by atoms with Crippen molar-refractivity contribution in [3.63, 3.8) is 0 Å². The van der Waals surface area contributed by atoms with E-state index >= 15 is 0 Å². The zero-order valence-electron chi connectivity index (χ0n) is 11.0. The van der Waals surface area contributed by atoms with Crippen LogP contribution in [-0.4, -0.2) is 28.6 Å². The zero-order chi connectivity index (χ0) is 13.4. The van der Waals surface area contributed by atoms with Crippen LogP contribution in [-0.2, 0) is 17.8 Å². The second kappa shape index (κ2) is 8.16. The van der Waals surface area contributed by atoms with Gasteiger partial charge >= 0.3 is 5.97 Å². The number of nitrogens with one attached hydrogen (secondary N) is 1. The first-order valence-corrected chi connectivity index (χ1v) is 7.38. The molecule has 0 aliphatic carbocycles. The Morgan fingerprint density at radius 2 is 2.06 bits per heavy atom. The third-order valence-electron chi connectivity index (χ3n) is 2.67. The highest BCUT2D eigenvalue weighted by molar-refractivity contribution is 7.99. The molecular weight excluding hydrogens is 246 g/mol. The average molecular weight is 267 g/mol. The van der Waals surface area contributed by atoms with Gasteiger partial charge in [-0.3, -0.25) is 4.79 Å². The average Bonchev–Trinajstić information content (AvgIpc) is 2.34. The van der Waals surface area contributed by atoms with E-state index in [-0.39, 0.29) is 6.42 Å². The van der Waals surface area contributed by atoms with Gasteiger partial charge in [0, 0.05) is 18.3 Å². The predicted molar refractivity (Wildman–Crippen MR) is 77.1 cm³/mol. The third kappa shape index (κ3) is 5.56. The van der Waals surface area contributed by atoms with E-state index in [0.29, 0.717) is 6.04 Å². The molecule has 2 N–H and O–H groups in total. The Hall–Kier alpha value is -1.00. The van der Waals surface area contributed by atoms with Gasteiger partial charge in [0.25, 0.3) is 0 Å². The summed E-state index contributed by atoms with van der Waals surface area (Å²) in [7, 11) is 0. The Morgan fingerprint density at radius 3 is 2.67 bits per heavy atom. The Morgan fingerprint density at radius 1 is 1.39 bits per heavy atom. The van der Waals surface area contributed by atoms with Gasteiger partial charge in [-0.25, -0.2) is 0 Å². The number of rotatable bonds is 8. The van der Waals surface area contributed by atoms with Crippen molar-refractivity contribution in [1.29, 1.82) is 0 Å². The van der Waals surface area contributed by atoms with E-state index in [1.165, 1.54) is 0 Å². The van der Waals surface area contributed by atoms with Crippen molar-refractivity contribution >= 4 is 17.7 Å². The molecule has 0 saturated heterocycles. The molecule has 1 atom stereocenters. The van der Waals surface area contributed by atoms with Gasteiger partial charge in [0.05, 0.1) is 6.42 Å². The Bertz CT molecular complexity index is 382. The fraction of sp³-hybridized carbons (Fsp3) is 0.500. The van der Waals surface area contributed by atoms with Gasteiger partial charge < -0.3 is 10.4 Å². The minimum absolute atomic E-state index is 0.0932. The van der Waals surface area contributed by atoms with Crippen molar-refractivity contribution in [1.82, 2.24) is 5.32 Å². The molecule has 1 unspecified atom stereocenters. The van der Waals surface area contributed by atoms with E-state index in [9.17, 15) is 4.79 Å². The van der Waals surface area contributed by atoms with Crippen molar-refractivity contribution < 1.29 is 9.90 Å². The number of carbonyl (C=O) groups is 1. The summed E-state index contributed by atoms with van der Waals surface area (Å²) >= 11 is 1.91. The van der Waals surface area contributed by atoms with Crippen LogP contribution in [0.3, 0.4) is 0 Å². The van der Waals surface area contributed by atoms with Crippen molar-refractivity contribution in [3.8, 4) is 0 Å². The van der Waals surface area contributed by atoms with Crippen LogP contribution in [0.5, 0.6) is 0 Å². The summed E-state index contributed by atoms with van der Waals surface area (Å²) < 4.78 is 0. The van der Waals surface area contributed by atoms with E-state index in [2.05, 4.69) is 19.2 Å². The molecule has 18 heavy (non-hydrogen) atoms. The topological polar surface area (TPSA) is 49.3 Å². The van der Waals surface area contributed by atoms with Gasteiger partial charge in [-0.1, -0.05) is 31.2 Å². The van der Waals surface area contributed by atoms with Crippen molar-refractivity contribution in [2.45, 2.75) is 32.9 Å². The molecule has 0 aliphatic rings. The first kappa shape index (κ1) is 15.1. The molecule has 100 valence electrons.